The highest BCUT2D eigenvalue weighted by atomic mass is 16.5. The van der Waals surface area contributed by atoms with Gasteiger partial charge in [0, 0.05) is 5.22 Å². The van der Waals surface area contributed by atoms with Crippen LogP contribution in [0, 0.1) is 0 Å². The second-order valence-corrected chi connectivity index (χ2v) is 0.623. The lowest BCUT2D eigenvalue weighted by Gasteiger charge is -1.96. The molecule has 0 amide bonds. The molecular weight excluding hydrogens is 100 g/mol. The third-order valence-electron chi connectivity index (χ3n) is 0.239. The summed E-state index contributed by atoms with van der Waals surface area (Å²) >= 11 is 0. The summed E-state index contributed by atoms with van der Waals surface area (Å²) in [7, 11) is 0. The van der Waals surface area contributed by atoms with Crippen molar-refractivity contribution in [2.45, 2.75) is 0 Å². The predicted molar refractivity (Wildman–Crippen MR) is 20.1 cm³/mol. The normalized spacial score (nSPS) is 7.14. The van der Waals surface area contributed by atoms with Gasteiger partial charge in [0.2, 0.25) is 0 Å². The molecule has 0 unspecified atom stereocenters. The van der Waals surface area contributed by atoms with Gasteiger partial charge < -0.3 is 0 Å². The van der Waals surface area contributed by atoms with E-state index in [1.54, 1.807) is 0 Å². The summed E-state index contributed by atoms with van der Waals surface area (Å²) in [5.41, 5.74) is 8.91. The fourth-order valence-electron chi connectivity index (χ4n) is 0.0631. The Morgan fingerprint density at radius 1 is 2.00 bits per heavy atom. The topological polar surface area (TPSA) is 110 Å². The second-order valence-electron chi connectivity index (χ2n) is 0.623. The van der Waals surface area contributed by atoms with Gasteiger partial charge in [0.05, 0.1) is 0 Å². The first-order chi connectivity index (χ1) is 3.31. The lowest BCUT2D eigenvalue weighted by Crippen LogP contribution is -2.35. The van der Waals surface area contributed by atoms with Crippen LogP contribution in [0.1, 0.15) is 0 Å². The van der Waals surface area contributed by atoms with Crippen LogP contribution in [0.25, 0.3) is 10.4 Å². The Kier molecular flexibility index (Phi) is 2.73. The van der Waals surface area contributed by atoms with E-state index in [-0.39, 0.29) is 0 Å². The van der Waals surface area contributed by atoms with Crippen LogP contribution in [-0.4, -0.2) is 10.4 Å². The highest BCUT2D eigenvalue weighted by Crippen LogP contribution is 1.65. The Morgan fingerprint density at radius 2 is 2.57 bits per heavy atom. The van der Waals surface area contributed by atoms with Gasteiger partial charge in [-0.3, -0.25) is 5.21 Å². The molecule has 7 nitrogen and oxygen atoms in total. The molecule has 40 valence electrons. The highest BCUT2D eigenvalue weighted by molar-refractivity contribution is 4.31. The minimum absolute atomic E-state index is 0.319. The summed E-state index contributed by atoms with van der Waals surface area (Å²) in [5.74, 6) is 4.64. The first kappa shape index (κ1) is 5.99. The number of nitrogens with one attached hydrogen (secondary N) is 1. The van der Waals surface area contributed by atoms with E-state index in [2.05, 4.69) is 16.0 Å². The molecule has 0 aliphatic carbocycles. The highest BCUT2D eigenvalue weighted by Gasteiger charge is 1.83. The molecule has 0 saturated heterocycles. The maximum absolute atomic E-state index is 7.75. The Morgan fingerprint density at radius 3 is 2.71 bits per heavy atom. The maximum Gasteiger partial charge on any atom is 0.0232 e. The number of azide groups is 1. The van der Waals surface area contributed by atoms with Crippen molar-refractivity contribution in [1.82, 2.24) is 10.8 Å². The minimum atomic E-state index is 0.319. The van der Waals surface area contributed by atoms with Crippen LogP contribution in [0.2, 0.25) is 0 Å². The average molecular weight is 104 g/mol. The summed E-state index contributed by atoms with van der Waals surface area (Å²) < 4.78 is 0. The molecule has 0 atom stereocenters. The average Bonchev–Trinajstić information content (AvgIpc) is 1.68. The van der Waals surface area contributed by atoms with Gasteiger partial charge in [-0.1, -0.05) is 5.23 Å². The van der Waals surface area contributed by atoms with Crippen LogP contribution in [0.4, 0.5) is 0 Å². The van der Waals surface area contributed by atoms with Crippen molar-refractivity contribution in [3.05, 3.63) is 10.4 Å². The van der Waals surface area contributed by atoms with E-state index in [9.17, 15) is 0 Å². The van der Waals surface area contributed by atoms with Crippen molar-refractivity contribution in [2.75, 3.05) is 0 Å². The van der Waals surface area contributed by atoms with Gasteiger partial charge in [-0.05, 0) is 5.59 Å². The molecule has 7 heavy (non-hydrogen) atoms. The molecule has 0 spiro atoms. The molecule has 0 aliphatic rings. The molecule has 0 aromatic heterocycles. The molecule has 0 aromatic carbocycles. The zero-order chi connectivity index (χ0) is 5.70. The number of nitrogens with zero attached hydrogens (tertiary/aromatic N) is 4. The minimum Gasteiger partial charge on any atom is -0.279 e. The summed E-state index contributed by atoms with van der Waals surface area (Å²) in [4.78, 5) is 2.21. The van der Waals surface area contributed by atoms with Gasteiger partial charge >= 0.3 is 0 Å². The Hall–Kier alpha value is -1.01. The van der Waals surface area contributed by atoms with Crippen LogP contribution in [0.3, 0.4) is 0 Å². The van der Waals surface area contributed by atoms with Gasteiger partial charge in [-0.2, -0.15) is 4.91 Å². The van der Waals surface area contributed by atoms with Gasteiger partial charge in [0.15, 0.2) is 0 Å². The van der Waals surface area contributed by atoms with Crippen molar-refractivity contribution in [3.63, 3.8) is 0 Å². The maximum atomic E-state index is 7.75. The standard InChI is InChI=1S/H4N6O/c1-3-4-6(2)5-7/h5,7H,2H2. The number of hydrogen-bond acceptors (Lipinski definition) is 4. The predicted octanol–water partition coefficient (Wildman–Crippen LogP) is -0.719. The van der Waals surface area contributed by atoms with Gasteiger partial charge in [0.1, 0.15) is 0 Å². The second kappa shape index (κ2) is 3.19. The third-order valence-corrected chi connectivity index (χ3v) is 0.239. The zero-order valence-electron chi connectivity index (χ0n) is 3.31. The van der Waals surface area contributed by atoms with Crippen LogP contribution < -0.4 is 11.4 Å². The van der Waals surface area contributed by atoms with E-state index in [1.807, 2.05) is 0 Å². The van der Waals surface area contributed by atoms with E-state index < -0.39 is 0 Å². The molecule has 0 aromatic rings. The zero-order valence-corrected chi connectivity index (χ0v) is 3.31. The lowest BCUT2D eigenvalue weighted by molar-refractivity contribution is -0.0213. The SMILES string of the molecule is [N-]=[N+]=NN(N)NO. The fourth-order valence-corrected chi connectivity index (χ4v) is 0.0631. The molecule has 0 saturated carbocycles. The first-order valence-electron chi connectivity index (χ1n) is 1.31. The summed E-state index contributed by atoms with van der Waals surface area (Å²) in [6.45, 7) is 0. The number of hydrogen-bond donors (Lipinski definition) is 3. The van der Waals surface area contributed by atoms with Crippen molar-refractivity contribution in [2.24, 2.45) is 11.1 Å². The Labute approximate surface area is 38.8 Å². The van der Waals surface area contributed by atoms with E-state index in [4.69, 9.17) is 10.7 Å². The van der Waals surface area contributed by atoms with E-state index in [0.717, 1.165) is 0 Å². The molecular formula is H4N6O. The van der Waals surface area contributed by atoms with Crippen molar-refractivity contribution in [3.8, 4) is 0 Å². The van der Waals surface area contributed by atoms with Gasteiger partial charge in [-0.25, -0.2) is 0 Å². The quantitative estimate of drug-likeness (QED) is 0.141. The Balaban J connectivity index is 3.35. The van der Waals surface area contributed by atoms with Crippen molar-refractivity contribution < 1.29 is 5.21 Å². The summed E-state index contributed by atoms with van der Waals surface area (Å²) in [6.07, 6.45) is 0. The molecule has 0 bridgehead atoms. The van der Waals surface area contributed by atoms with Crippen LogP contribution in [-0.2, 0) is 0 Å². The number of rotatable bonds is 2. The molecule has 0 rings (SSSR count). The van der Waals surface area contributed by atoms with E-state index >= 15 is 0 Å². The molecule has 4 N–H and O–H groups in total. The van der Waals surface area contributed by atoms with Crippen molar-refractivity contribution in [1.29, 1.82) is 0 Å². The lowest BCUT2D eigenvalue weighted by atomic mass is 12.2. The third kappa shape index (κ3) is 2.80. The molecule has 0 fully saturated rings. The Bertz CT molecular complexity index is 80.2. The van der Waals surface area contributed by atoms with Crippen molar-refractivity contribution >= 4 is 0 Å². The largest absolute Gasteiger partial charge is 0.279 e. The van der Waals surface area contributed by atoms with Crippen LogP contribution >= 0.6 is 0 Å². The summed E-state index contributed by atoms with van der Waals surface area (Å²) in [5, 5.41) is 10.7. The monoisotopic (exact) mass is 104 g/mol. The smallest absolute Gasteiger partial charge is 0.0232 e. The number of nitrogens with two attached hydrogens (primary N) is 1. The molecule has 0 radical (unpaired) electrons. The van der Waals surface area contributed by atoms with Gasteiger partial charge in [0.25, 0.3) is 0 Å². The molecule has 0 heterocycles. The number of hydrazine groups is 2. The summed E-state index contributed by atoms with van der Waals surface area (Å²) in [6, 6.07) is 0. The fraction of sp³-hybridized carbons (Fsp3) is 0. The van der Waals surface area contributed by atoms with Crippen LogP contribution in [0.15, 0.2) is 5.22 Å². The van der Waals surface area contributed by atoms with E-state index in [1.165, 1.54) is 5.59 Å². The first-order valence-corrected chi connectivity index (χ1v) is 1.31. The molecule has 0 aliphatic heterocycles. The van der Waals surface area contributed by atoms with Gasteiger partial charge in [-0.15, -0.1) is 11.4 Å². The molecule has 7 heteroatoms. The van der Waals surface area contributed by atoms with Crippen LogP contribution in [0.5, 0.6) is 0 Å². The van der Waals surface area contributed by atoms with E-state index in [0.29, 0.717) is 5.23 Å².